The first-order valence-corrected chi connectivity index (χ1v) is 5.22. The van der Waals surface area contributed by atoms with E-state index in [1.807, 2.05) is 6.07 Å². The maximum Gasteiger partial charge on any atom is 0.0950 e. The molecule has 0 bridgehead atoms. The maximum atomic E-state index is 5.77. The number of furan rings is 1. The van der Waals surface area contributed by atoms with Crippen molar-refractivity contribution in [1.82, 2.24) is 9.80 Å². The topological polar surface area (TPSA) is 45.6 Å². The second-order valence-electron chi connectivity index (χ2n) is 4.09. The zero-order valence-electron chi connectivity index (χ0n) is 9.81. The molecule has 0 radical (unpaired) electrons. The molecule has 2 N–H and O–H groups in total. The molecule has 0 saturated heterocycles. The summed E-state index contributed by atoms with van der Waals surface area (Å²) in [6, 6.07) is 2.23. The number of nitrogens with zero attached hydrogens (tertiary/aromatic N) is 2. The van der Waals surface area contributed by atoms with E-state index in [-0.39, 0.29) is 6.04 Å². The van der Waals surface area contributed by atoms with Gasteiger partial charge in [0.2, 0.25) is 0 Å². The monoisotopic (exact) mass is 211 g/mol. The molecule has 1 aromatic heterocycles. The summed E-state index contributed by atoms with van der Waals surface area (Å²) in [5.41, 5.74) is 6.93. The summed E-state index contributed by atoms with van der Waals surface area (Å²) >= 11 is 0. The zero-order chi connectivity index (χ0) is 11.3. The molecule has 0 aliphatic carbocycles. The second kappa shape index (κ2) is 5.90. The van der Waals surface area contributed by atoms with Gasteiger partial charge in [0, 0.05) is 31.2 Å². The van der Waals surface area contributed by atoms with Gasteiger partial charge in [0.1, 0.15) is 0 Å². The van der Waals surface area contributed by atoms with Crippen LogP contribution in [0.1, 0.15) is 11.6 Å². The molecule has 0 amide bonds. The lowest BCUT2D eigenvalue weighted by Gasteiger charge is -2.27. The van der Waals surface area contributed by atoms with E-state index < -0.39 is 0 Å². The normalized spacial score (nSPS) is 13.7. The van der Waals surface area contributed by atoms with Gasteiger partial charge in [0.15, 0.2) is 0 Å². The van der Waals surface area contributed by atoms with Crippen molar-refractivity contribution >= 4 is 0 Å². The third kappa shape index (κ3) is 3.66. The lowest BCUT2D eigenvalue weighted by atomic mass is 10.1. The molecule has 0 spiro atoms. The molecular weight excluding hydrogens is 190 g/mol. The van der Waals surface area contributed by atoms with Gasteiger partial charge >= 0.3 is 0 Å². The van der Waals surface area contributed by atoms with Gasteiger partial charge in [0.05, 0.1) is 12.5 Å². The van der Waals surface area contributed by atoms with Crippen molar-refractivity contribution in [3.8, 4) is 0 Å². The largest absolute Gasteiger partial charge is 0.472 e. The van der Waals surface area contributed by atoms with E-state index in [1.165, 1.54) is 0 Å². The number of likely N-dealkylation sites (N-methyl/N-ethyl adjacent to an activating group) is 2. The Bertz CT molecular complexity index is 259. The van der Waals surface area contributed by atoms with Crippen molar-refractivity contribution < 1.29 is 4.42 Å². The predicted octanol–water partition coefficient (Wildman–Crippen LogP) is 0.773. The minimum absolute atomic E-state index is 0.253. The van der Waals surface area contributed by atoms with Crippen molar-refractivity contribution in [2.75, 3.05) is 40.8 Å². The Morgan fingerprint density at radius 1 is 1.33 bits per heavy atom. The molecule has 15 heavy (non-hydrogen) atoms. The van der Waals surface area contributed by atoms with Crippen LogP contribution in [0.4, 0.5) is 0 Å². The number of nitrogens with two attached hydrogens (primary N) is 1. The third-order valence-electron chi connectivity index (χ3n) is 2.58. The Hall–Kier alpha value is -0.840. The molecule has 0 aliphatic heterocycles. The standard InChI is InChI=1S/C11H21N3O/c1-13(2)5-6-14(3)11(8-12)10-4-7-15-9-10/h4,7,9,11H,5-6,8,12H2,1-3H3. The maximum absolute atomic E-state index is 5.77. The Morgan fingerprint density at radius 2 is 2.07 bits per heavy atom. The van der Waals surface area contributed by atoms with Gasteiger partial charge in [-0.05, 0) is 27.2 Å². The number of hydrogen-bond donors (Lipinski definition) is 1. The fourth-order valence-corrected chi connectivity index (χ4v) is 1.55. The summed E-state index contributed by atoms with van der Waals surface area (Å²) in [7, 11) is 6.24. The summed E-state index contributed by atoms with van der Waals surface area (Å²) in [4.78, 5) is 4.42. The summed E-state index contributed by atoms with van der Waals surface area (Å²) < 4.78 is 5.08. The molecule has 1 unspecified atom stereocenters. The number of hydrogen-bond acceptors (Lipinski definition) is 4. The quantitative estimate of drug-likeness (QED) is 0.755. The molecule has 1 rings (SSSR count). The average molecular weight is 211 g/mol. The van der Waals surface area contributed by atoms with Crippen molar-refractivity contribution in [2.24, 2.45) is 5.73 Å². The summed E-state index contributed by atoms with van der Waals surface area (Å²) in [5, 5.41) is 0. The van der Waals surface area contributed by atoms with E-state index in [4.69, 9.17) is 10.2 Å². The third-order valence-corrected chi connectivity index (χ3v) is 2.58. The van der Waals surface area contributed by atoms with Gasteiger partial charge in [-0.25, -0.2) is 0 Å². The molecule has 0 aliphatic rings. The van der Waals surface area contributed by atoms with Gasteiger partial charge in [0.25, 0.3) is 0 Å². The fraction of sp³-hybridized carbons (Fsp3) is 0.636. The molecule has 1 atom stereocenters. The number of rotatable bonds is 6. The molecule has 1 aromatic rings. The van der Waals surface area contributed by atoms with Crippen LogP contribution in [0.15, 0.2) is 23.0 Å². The molecule has 4 heteroatoms. The van der Waals surface area contributed by atoms with E-state index >= 15 is 0 Å². The lowest BCUT2D eigenvalue weighted by Crippen LogP contribution is -2.35. The van der Waals surface area contributed by atoms with Crippen molar-refractivity contribution in [1.29, 1.82) is 0 Å². The predicted molar refractivity (Wildman–Crippen MR) is 61.7 cm³/mol. The Balaban J connectivity index is 2.51. The van der Waals surface area contributed by atoms with Crippen molar-refractivity contribution in [3.63, 3.8) is 0 Å². The lowest BCUT2D eigenvalue weighted by molar-refractivity contribution is 0.222. The van der Waals surface area contributed by atoms with Gasteiger partial charge in [-0.1, -0.05) is 0 Å². The Labute approximate surface area is 91.6 Å². The molecule has 86 valence electrons. The average Bonchev–Trinajstić information content (AvgIpc) is 2.69. The van der Waals surface area contributed by atoms with Crippen molar-refractivity contribution in [3.05, 3.63) is 24.2 Å². The van der Waals surface area contributed by atoms with Crippen LogP contribution in [-0.4, -0.2) is 50.6 Å². The zero-order valence-corrected chi connectivity index (χ0v) is 9.81. The highest BCUT2D eigenvalue weighted by molar-refractivity contribution is 5.12. The van der Waals surface area contributed by atoms with Crippen LogP contribution in [-0.2, 0) is 0 Å². The van der Waals surface area contributed by atoms with E-state index in [0.717, 1.165) is 18.7 Å². The van der Waals surface area contributed by atoms with E-state index in [0.29, 0.717) is 6.54 Å². The van der Waals surface area contributed by atoms with Gasteiger partial charge in [-0.2, -0.15) is 0 Å². The molecule has 1 heterocycles. The van der Waals surface area contributed by atoms with Crippen LogP contribution in [0, 0.1) is 0 Å². The minimum Gasteiger partial charge on any atom is -0.472 e. The van der Waals surface area contributed by atoms with E-state index in [2.05, 4.69) is 30.9 Å². The molecular formula is C11H21N3O. The highest BCUT2D eigenvalue weighted by atomic mass is 16.3. The molecule has 4 nitrogen and oxygen atoms in total. The van der Waals surface area contributed by atoms with Crippen LogP contribution in [0.5, 0.6) is 0 Å². The van der Waals surface area contributed by atoms with E-state index in [1.54, 1.807) is 12.5 Å². The van der Waals surface area contributed by atoms with Gasteiger partial charge in [-0.15, -0.1) is 0 Å². The molecule has 0 aromatic carbocycles. The summed E-state index contributed by atoms with van der Waals surface area (Å²) in [6.07, 6.45) is 3.46. The van der Waals surface area contributed by atoms with Crippen LogP contribution in [0.2, 0.25) is 0 Å². The van der Waals surface area contributed by atoms with Gasteiger partial charge < -0.3 is 15.1 Å². The first-order valence-electron chi connectivity index (χ1n) is 5.22. The van der Waals surface area contributed by atoms with Crippen LogP contribution in [0.3, 0.4) is 0 Å². The summed E-state index contributed by atoms with van der Waals surface area (Å²) in [5.74, 6) is 0. The van der Waals surface area contributed by atoms with E-state index in [9.17, 15) is 0 Å². The molecule has 0 saturated carbocycles. The second-order valence-corrected chi connectivity index (χ2v) is 4.09. The summed E-state index contributed by atoms with van der Waals surface area (Å²) in [6.45, 7) is 2.65. The van der Waals surface area contributed by atoms with Gasteiger partial charge in [-0.3, -0.25) is 4.90 Å². The van der Waals surface area contributed by atoms with Crippen LogP contribution in [0.25, 0.3) is 0 Å². The smallest absolute Gasteiger partial charge is 0.0950 e. The van der Waals surface area contributed by atoms with Crippen LogP contribution < -0.4 is 5.73 Å². The fourth-order valence-electron chi connectivity index (χ4n) is 1.55. The Morgan fingerprint density at radius 3 is 2.53 bits per heavy atom. The first kappa shape index (κ1) is 12.2. The minimum atomic E-state index is 0.253. The molecule has 0 fully saturated rings. The van der Waals surface area contributed by atoms with Crippen molar-refractivity contribution in [2.45, 2.75) is 6.04 Å². The highest BCUT2D eigenvalue weighted by Gasteiger charge is 2.15. The Kier molecular flexibility index (Phi) is 4.81. The SMILES string of the molecule is CN(C)CCN(C)C(CN)c1ccoc1. The first-order chi connectivity index (χ1) is 7.15. The van der Waals surface area contributed by atoms with Crippen LogP contribution >= 0.6 is 0 Å². The highest BCUT2D eigenvalue weighted by Crippen LogP contribution is 2.17.